The van der Waals surface area contributed by atoms with E-state index in [1.54, 1.807) is 18.2 Å². The molecule has 9 heteroatoms. The Morgan fingerprint density at radius 2 is 1.89 bits per heavy atom. The summed E-state index contributed by atoms with van der Waals surface area (Å²) in [6, 6.07) is 20.0. The van der Waals surface area contributed by atoms with Gasteiger partial charge in [-0.25, -0.2) is 4.79 Å². The number of piperidine rings is 1. The van der Waals surface area contributed by atoms with E-state index in [9.17, 15) is 14.7 Å². The molecule has 0 radical (unpaired) electrons. The zero-order valence-electron chi connectivity index (χ0n) is 24.7. The maximum atomic E-state index is 13.7. The van der Waals surface area contributed by atoms with Gasteiger partial charge in [-0.2, -0.15) is 0 Å². The van der Waals surface area contributed by atoms with Crippen molar-refractivity contribution >= 4 is 35.1 Å². The molecule has 1 spiro atoms. The SMILES string of the molecule is CN(C(=O)Cc1ccc(Cl)c(Cl)c1)C1CC[C@H]2[C@H]3Cc4ccc(OC(=O)CO)c5c4[C@@]2(CCN3CCc2ccccc2)C1O5. The standard InChI is InChI=1S/C35H36Cl2N2O5/c1-38(30(41)18-22-7-10-25(36)26(37)17-22)27-11-9-24-28-19-23-8-12-29(43-31(42)20-40)33-32(23)35(24,34(27)44-33)14-16-39(28)15-13-21-5-3-2-4-6-21/h2-8,10,12,17,24,27-28,34,40H,9,11,13-16,18-20H2,1H3/t24-,27?,28+,34?,35-/m0/s1. The van der Waals surface area contributed by atoms with Crippen LogP contribution < -0.4 is 9.47 Å². The summed E-state index contributed by atoms with van der Waals surface area (Å²) in [4.78, 5) is 30.4. The van der Waals surface area contributed by atoms with Crippen molar-refractivity contribution in [3.63, 3.8) is 0 Å². The molecule has 0 aromatic heterocycles. The van der Waals surface area contributed by atoms with E-state index in [4.69, 9.17) is 32.7 Å². The molecule has 2 unspecified atom stereocenters. The van der Waals surface area contributed by atoms with Crippen molar-refractivity contribution in [3.8, 4) is 11.5 Å². The number of nitrogens with zero attached hydrogens (tertiary/aromatic N) is 2. The number of ether oxygens (including phenoxy) is 2. The van der Waals surface area contributed by atoms with Gasteiger partial charge < -0.3 is 19.5 Å². The van der Waals surface area contributed by atoms with Crippen molar-refractivity contribution in [2.45, 2.75) is 62.1 Å². The molecule has 44 heavy (non-hydrogen) atoms. The van der Waals surface area contributed by atoms with Gasteiger partial charge in [-0.05, 0) is 79.5 Å². The van der Waals surface area contributed by atoms with Crippen molar-refractivity contribution in [2.24, 2.45) is 5.92 Å². The molecule has 3 aromatic carbocycles. The first-order chi connectivity index (χ1) is 21.3. The number of hydrogen-bond donors (Lipinski definition) is 1. The van der Waals surface area contributed by atoms with Crippen LogP contribution >= 0.6 is 23.2 Å². The summed E-state index contributed by atoms with van der Waals surface area (Å²) < 4.78 is 12.5. The van der Waals surface area contributed by atoms with Crippen molar-refractivity contribution < 1.29 is 24.2 Å². The molecular formula is C35H36Cl2N2O5. The monoisotopic (exact) mass is 634 g/mol. The Hall–Kier alpha value is -3.10. The van der Waals surface area contributed by atoms with Gasteiger partial charge in [-0.3, -0.25) is 9.69 Å². The number of carbonyl (C=O) groups is 2. The molecule has 1 N–H and O–H groups in total. The van der Waals surface area contributed by atoms with Gasteiger partial charge in [0.1, 0.15) is 12.7 Å². The summed E-state index contributed by atoms with van der Waals surface area (Å²) in [5.74, 6) is 0.571. The fourth-order valence-corrected chi connectivity index (χ4v) is 8.87. The number of likely N-dealkylation sites (tertiary alicyclic amines) is 1. The Labute approximate surface area is 267 Å². The summed E-state index contributed by atoms with van der Waals surface area (Å²) in [6.07, 6.45) is 4.53. The zero-order valence-corrected chi connectivity index (χ0v) is 26.2. The topological polar surface area (TPSA) is 79.3 Å². The summed E-state index contributed by atoms with van der Waals surface area (Å²) in [6.45, 7) is 1.22. The lowest BCUT2D eigenvalue weighted by Gasteiger charge is -2.60. The number of aliphatic hydroxyl groups excluding tert-OH is 1. The average molecular weight is 636 g/mol. The molecule has 2 aliphatic carbocycles. The van der Waals surface area contributed by atoms with E-state index in [0.717, 1.165) is 56.3 Å². The highest BCUT2D eigenvalue weighted by molar-refractivity contribution is 6.42. The van der Waals surface area contributed by atoms with Crippen molar-refractivity contribution in [3.05, 3.63) is 93.0 Å². The molecule has 1 amide bonds. The molecule has 230 valence electrons. The molecule has 2 bridgehead atoms. The number of likely N-dealkylation sites (N-methyl/N-ethyl adjacent to an activating group) is 1. The number of rotatable bonds is 8. The first kappa shape index (κ1) is 29.6. The van der Waals surface area contributed by atoms with Crippen LogP contribution in [0.25, 0.3) is 0 Å². The second kappa shape index (κ2) is 11.7. The van der Waals surface area contributed by atoms with Gasteiger partial charge in [0.05, 0.1) is 22.5 Å². The van der Waals surface area contributed by atoms with E-state index in [0.29, 0.717) is 33.5 Å². The molecule has 4 aliphatic rings. The zero-order chi connectivity index (χ0) is 30.6. The summed E-state index contributed by atoms with van der Waals surface area (Å²) >= 11 is 12.4. The summed E-state index contributed by atoms with van der Waals surface area (Å²) in [7, 11) is 1.87. The molecule has 1 saturated carbocycles. The number of halogens is 2. The van der Waals surface area contributed by atoms with Crippen LogP contribution in [-0.2, 0) is 34.3 Å². The minimum Gasteiger partial charge on any atom is -0.483 e. The van der Waals surface area contributed by atoms with E-state index in [-0.39, 0.29) is 29.9 Å². The van der Waals surface area contributed by atoms with Gasteiger partial charge in [0.15, 0.2) is 11.5 Å². The summed E-state index contributed by atoms with van der Waals surface area (Å²) in [5, 5.41) is 10.3. The molecule has 7 rings (SSSR count). The Morgan fingerprint density at radius 3 is 2.66 bits per heavy atom. The number of benzene rings is 3. The fraction of sp³-hybridized carbons (Fsp3) is 0.429. The smallest absolute Gasteiger partial charge is 0.337 e. The van der Waals surface area contributed by atoms with Crippen LogP contribution in [0.3, 0.4) is 0 Å². The van der Waals surface area contributed by atoms with Crippen LogP contribution in [-0.4, -0.2) is 71.7 Å². The minimum absolute atomic E-state index is 0.0115. The van der Waals surface area contributed by atoms with Crippen molar-refractivity contribution in [1.29, 1.82) is 0 Å². The molecule has 3 aromatic rings. The van der Waals surface area contributed by atoms with Gasteiger partial charge >= 0.3 is 5.97 Å². The van der Waals surface area contributed by atoms with Gasteiger partial charge in [-0.1, -0.05) is 65.7 Å². The van der Waals surface area contributed by atoms with E-state index in [1.807, 2.05) is 18.0 Å². The Balaban J connectivity index is 1.22. The first-order valence-corrected chi connectivity index (χ1v) is 16.2. The number of amides is 1. The van der Waals surface area contributed by atoms with Crippen LogP contribution in [0.15, 0.2) is 60.7 Å². The van der Waals surface area contributed by atoms with Crippen molar-refractivity contribution in [1.82, 2.24) is 9.80 Å². The molecular weight excluding hydrogens is 599 g/mol. The van der Waals surface area contributed by atoms with Gasteiger partial charge in [0.2, 0.25) is 5.91 Å². The minimum atomic E-state index is -0.719. The lowest BCUT2D eigenvalue weighted by atomic mass is 9.51. The van der Waals surface area contributed by atoms with Crippen molar-refractivity contribution in [2.75, 3.05) is 26.7 Å². The highest BCUT2D eigenvalue weighted by Crippen LogP contribution is 2.64. The second-order valence-electron chi connectivity index (χ2n) is 12.6. The third-order valence-electron chi connectivity index (χ3n) is 10.5. The Kier molecular flexibility index (Phi) is 7.86. The molecule has 2 heterocycles. The summed E-state index contributed by atoms with van der Waals surface area (Å²) in [5.41, 5.74) is 4.23. The normalized spacial score (nSPS) is 26.5. The third-order valence-corrected chi connectivity index (χ3v) is 11.2. The van der Waals surface area contributed by atoms with E-state index in [2.05, 4.69) is 41.3 Å². The quantitative estimate of drug-likeness (QED) is 0.270. The highest BCUT2D eigenvalue weighted by atomic mass is 35.5. The molecule has 2 fully saturated rings. The number of hydrogen-bond acceptors (Lipinski definition) is 6. The van der Waals surface area contributed by atoms with Crippen LogP contribution in [0.1, 0.15) is 41.5 Å². The molecule has 2 aliphatic heterocycles. The number of carbonyl (C=O) groups excluding carboxylic acids is 2. The van der Waals surface area contributed by atoms with E-state index in [1.165, 1.54) is 11.1 Å². The lowest BCUT2D eigenvalue weighted by molar-refractivity contribution is -0.139. The largest absolute Gasteiger partial charge is 0.483 e. The number of esters is 1. The highest BCUT2D eigenvalue weighted by Gasteiger charge is 2.66. The maximum absolute atomic E-state index is 13.7. The molecule has 7 nitrogen and oxygen atoms in total. The Bertz CT molecular complexity index is 1600. The lowest BCUT2D eigenvalue weighted by Crippen LogP contribution is -2.69. The molecule has 1 saturated heterocycles. The third kappa shape index (κ3) is 4.89. The fourth-order valence-electron chi connectivity index (χ4n) is 8.55. The maximum Gasteiger partial charge on any atom is 0.337 e. The predicted octanol–water partition coefficient (Wildman–Crippen LogP) is 5.24. The number of aliphatic hydroxyl groups is 1. The van der Waals surface area contributed by atoms with Crippen LogP contribution in [0.5, 0.6) is 11.5 Å². The Morgan fingerprint density at radius 1 is 1.07 bits per heavy atom. The molecule has 5 atom stereocenters. The van der Waals surface area contributed by atoms with Crippen LogP contribution in [0.4, 0.5) is 0 Å². The van der Waals surface area contributed by atoms with Gasteiger partial charge in [-0.15, -0.1) is 0 Å². The van der Waals surface area contributed by atoms with Crippen LogP contribution in [0.2, 0.25) is 10.0 Å². The van der Waals surface area contributed by atoms with Gasteiger partial charge in [0.25, 0.3) is 0 Å². The van der Waals surface area contributed by atoms with E-state index >= 15 is 0 Å². The second-order valence-corrected chi connectivity index (χ2v) is 13.4. The van der Waals surface area contributed by atoms with Gasteiger partial charge in [0, 0.05) is 30.6 Å². The average Bonchev–Trinajstić information content (AvgIpc) is 3.38. The van der Waals surface area contributed by atoms with Crippen LogP contribution in [0, 0.1) is 5.92 Å². The van der Waals surface area contributed by atoms with E-state index < -0.39 is 12.6 Å². The first-order valence-electron chi connectivity index (χ1n) is 15.4. The predicted molar refractivity (Wildman–Crippen MR) is 169 cm³/mol.